The van der Waals surface area contributed by atoms with Gasteiger partial charge >= 0.3 is 0 Å². The summed E-state index contributed by atoms with van der Waals surface area (Å²) < 4.78 is 1.73. The highest BCUT2D eigenvalue weighted by Crippen LogP contribution is 2.16. The average molecular weight is 168 g/mol. The molecule has 2 N–H and O–H groups in total. The minimum absolute atomic E-state index is 0.0602. The molecule has 0 radical (unpaired) electrons. The Morgan fingerprint density at radius 3 is 2.67 bits per heavy atom. The van der Waals surface area contributed by atoms with Gasteiger partial charge in [0.05, 0.1) is 11.9 Å². The number of aryl methyl sites for hydroxylation is 1. The summed E-state index contributed by atoms with van der Waals surface area (Å²) in [5.74, 6) is 0.606. The average Bonchev–Trinajstić information content (AvgIpc) is 2.33. The molecular formula is C8H16N4. The number of rotatable bonds is 3. The Labute approximate surface area is 72.8 Å². The molecule has 0 spiro atoms. The number of nitrogens with zero attached hydrogens (tertiary/aromatic N) is 3. The third kappa shape index (κ3) is 2.04. The Morgan fingerprint density at radius 2 is 2.25 bits per heavy atom. The summed E-state index contributed by atoms with van der Waals surface area (Å²) in [5, 5.41) is 7.61. The van der Waals surface area contributed by atoms with Crippen molar-refractivity contribution in [2.24, 2.45) is 18.7 Å². The molecule has 1 atom stereocenters. The van der Waals surface area contributed by atoms with Gasteiger partial charge in [-0.2, -0.15) is 0 Å². The van der Waals surface area contributed by atoms with Gasteiger partial charge < -0.3 is 5.73 Å². The first-order valence-corrected chi connectivity index (χ1v) is 4.21. The zero-order valence-electron chi connectivity index (χ0n) is 7.86. The number of hydrogen-bond acceptors (Lipinski definition) is 3. The summed E-state index contributed by atoms with van der Waals surface area (Å²) in [5.41, 5.74) is 6.94. The van der Waals surface area contributed by atoms with Crippen LogP contribution in [0.4, 0.5) is 0 Å². The van der Waals surface area contributed by atoms with Crippen LogP contribution in [0.3, 0.4) is 0 Å². The van der Waals surface area contributed by atoms with E-state index in [1.54, 1.807) is 10.9 Å². The van der Waals surface area contributed by atoms with Crippen molar-refractivity contribution in [1.29, 1.82) is 0 Å². The maximum atomic E-state index is 5.94. The zero-order valence-corrected chi connectivity index (χ0v) is 7.86. The van der Waals surface area contributed by atoms with Crippen molar-refractivity contribution in [2.45, 2.75) is 26.3 Å². The fourth-order valence-corrected chi connectivity index (χ4v) is 1.26. The molecule has 0 aromatic carbocycles. The van der Waals surface area contributed by atoms with E-state index in [-0.39, 0.29) is 6.04 Å². The van der Waals surface area contributed by atoms with Crippen LogP contribution >= 0.6 is 0 Å². The molecule has 1 aromatic heterocycles. The lowest BCUT2D eigenvalue weighted by Crippen LogP contribution is -2.16. The fourth-order valence-electron chi connectivity index (χ4n) is 1.26. The molecule has 0 aliphatic heterocycles. The number of nitrogens with two attached hydrogens (primary N) is 1. The maximum Gasteiger partial charge on any atom is 0.0751 e. The van der Waals surface area contributed by atoms with E-state index in [1.165, 1.54) is 0 Å². The Hall–Kier alpha value is -0.900. The van der Waals surface area contributed by atoms with Gasteiger partial charge in [0.2, 0.25) is 0 Å². The molecule has 1 aromatic rings. The van der Waals surface area contributed by atoms with Gasteiger partial charge in [-0.05, 0) is 12.3 Å². The summed E-state index contributed by atoms with van der Waals surface area (Å²) in [6.45, 7) is 4.31. The molecule has 0 saturated heterocycles. The smallest absolute Gasteiger partial charge is 0.0751 e. The van der Waals surface area contributed by atoms with Crippen molar-refractivity contribution >= 4 is 0 Å². The highest BCUT2D eigenvalue weighted by atomic mass is 15.4. The van der Waals surface area contributed by atoms with E-state index in [2.05, 4.69) is 24.2 Å². The van der Waals surface area contributed by atoms with Crippen molar-refractivity contribution < 1.29 is 0 Å². The lowest BCUT2D eigenvalue weighted by Gasteiger charge is -2.12. The van der Waals surface area contributed by atoms with Crippen LogP contribution in [0.1, 0.15) is 32.0 Å². The second-order valence-corrected chi connectivity index (χ2v) is 3.52. The third-order valence-corrected chi connectivity index (χ3v) is 1.85. The molecule has 0 bridgehead atoms. The molecule has 1 rings (SSSR count). The molecule has 0 fully saturated rings. The summed E-state index contributed by atoms with van der Waals surface area (Å²) in [6, 6.07) is 0.0602. The van der Waals surface area contributed by atoms with Crippen molar-refractivity contribution in [3.8, 4) is 0 Å². The van der Waals surface area contributed by atoms with Crippen LogP contribution in [-0.2, 0) is 7.05 Å². The second kappa shape index (κ2) is 3.67. The molecule has 12 heavy (non-hydrogen) atoms. The van der Waals surface area contributed by atoms with Crippen LogP contribution < -0.4 is 5.73 Å². The van der Waals surface area contributed by atoms with Crippen molar-refractivity contribution in [3.05, 3.63) is 11.9 Å². The van der Waals surface area contributed by atoms with Gasteiger partial charge in [-0.3, -0.25) is 4.68 Å². The molecule has 0 aliphatic rings. The van der Waals surface area contributed by atoms with Crippen LogP contribution in [-0.4, -0.2) is 15.0 Å². The first kappa shape index (κ1) is 9.19. The maximum absolute atomic E-state index is 5.94. The Balaban J connectivity index is 2.65. The van der Waals surface area contributed by atoms with Gasteiger partial charge in [-0.25, -0.2) is 0 Å². The number of hydrogen-bond donors (Lipinski definition) is 1. The van der Waals surface area contributed by atoms with E-state index in [0.717, 1.165) is 12.1 Å². The lowest BCUT2D eigenvalue weighted by atomic mass is 10.0. The minimum Gasteiger partial charge on any atom is -0.323 e. The predicted molar refractivity (Wildman–Crippen MR) is 47.4 cm³/mol. The SMILES string of the molecule is CC(C)CC(N)c1cnnn1C. The molecule has 1 heterocycles. The molecular weight excluding hydrogens is 152 g/mol. The monoisotopic (exact) mass is 168 g/mol. The summed E-state index contributed by atoms with van der Waals surface area (Å²) >= 11 is 0. The van der Waals surface area contributed by atoms with E-state index in [1.807, 2.05) is 7.05 Å². The van der Waals surface area contributed by atoms with Gasteiger partial charge in [0.1, 0.15) is 0 Å². The molecule has 4 nitrogen and oxygen atoms in total. The molecule has 0 amide bonds. The zero-order chi connectivity index (χ0) is 9.14. The van der Waals surface area contributed by atoms with Crippen LogP contribution in [0.15, 0.2) is 6.20 Å². The lowest BCUT2D eigenvalue weighted by molar-refractivity contribution is 0.484. The summed E-state index contributed by atoms with van der Waals surface area (Å²) in [6.07, 6.45) is 2.70. The first-order chi connectivity index (χ1) is 5.61. The van der Waals surface area contributed by atoms with Gasteiger partial charge in [0.15, 0.2) is 0 Å². The normalized spacial score (nSPS) is 13.8. The van der Waals surface area contributed by atoms with E-state index in [9.17, 15) is 0 Å². The first-order valence-electron chi connectivity index (χ1n) is 4.21. The van der Waals surface area contributed by atoms with E-state index in [4.69, 9.17) is 5.73 Å². The Kier molecular flexibility index (Phi) is 2.81. The third-order valence-electron chi connectivity index (χ3n) is 1.85. The van der Waals surface area contributed by atoms with E-state index in [0.29, 0.717) is 5.92 Å². The highest BCUT2D eigenvalue weighted by molar-refractivity contribution is 5.00. The molecule has 0 saturated carbocycles. The topological polar surface area (TPSA) is 56.7 Å². The van der Waals surface area contributed by atoms with Gasteiger partial charge in [-0.15, -0.1) is 5.10 Å². The van der Waals surface area contributed by atoms with Gasteiger partial charge in [0, 0.05) is 13.1 Å². The summed E-state index contributed by atoms with van der Waals surface area (Å²) in [4.78, 5) is 0. The van der Waals surface area contributed by atoms with Gasteiger partial charge in [0.25, 0.3) is 0 Å². The number of aromatic nitrogens is 3. The van der Waals surface area contributed by atoms with E-state index < -0.39 is 0 Å². The Morgan fingerprint density at radius 1 is 1.58 bits per heavy atom. The van der Waals surface area contributed by atoms with Crippen LogP contribution in [0.5, 0.6) is 0 Å². The second-order valence-electron chi connectivity index (χ2n) is 3.52. The molecule has 1 unspecified atom stereocenters. The Bertz CT molecular complexity index is 241. The van der Waals surface area contributed by atoms with E-state index >= 15 is 0 Å². The quantitative estimate of drug-likeness (QED) is 0.728. The standard InChI is InChI=1S/C8H16N4/c1-6(2)4-7(9)8-5-10-11-12(8)3/h5-7H,4,9H2,1-3H3. The van der Waals surface area contributed by atoms with Crippen molar-refractivity contribution in [1.82, 2.24) is 15.0 Å². The highest BCUT2D eigenvalue weighted by Gasteiger charge is 2.11. The molecule has 68 valence electrons. The minimum atomic E-state index is 0.0602. The van der Waals surface area contributed by atoms with Crippen molar-refractivity contribution in [2.75, 3.05) is 0 Å². The molecule has 4 heteroatoms. The van der Waals surface area contributed by atoms with Crippen molar-refractivity contribution in [3.63, 3.8) is 0 Å². The van der Waals surface area contributed by atoms with Crippen LogP contribution in [0.25, 0.3) is 0 Å². The van der Waals surface area contributed by atoms with Crippen LogP contribution in [0, 0.1) is 5.92 Å². The predicted octanol–water partition coefficient (Wildman–Crippen LogP) is 0.861. The van der Waals surface area contributed by atoms with Crippen LogP contribution in [0.2, 0.25) is 0 Å². The molecule has 0 aliphatic carbocycles. The fraction of sp³-hybridized carbons (Fsp3) is 0.750. The summed E-state index contributed by atoms with van der Waals surface area (Å²) in [7, 11) is 1.86. The largest absolute Gasteiger partial charge is 0.323 e. The van der Waals surface area contributed by atoms with Gasteiger partial charge in [-0.1, -0.05) is 19.1 Å².